The second-order valence-electron chi connectivity index (χ2n) is 4.21. The molecule has 1 nitrogen and oxygen atoms in total. The molecule has 1 aromatic rings. The second-order valence-corrected chi connectivity index (χ2v) is 5.67. The molecule has 4 heteroatoms. The number of halogens is 3. The van der Waals surface area contributed by atoms with Gasteiger partial charge >= 0.3 is 0 Å². The van der Waals surface area contributed by atoms with Crippen LogP contribution >= 0.6 is 34.8 Å². The molecule has 16 heavy (non-hydrogen) atoms. The number of hydrogen-bond acceptors (Lipinski definition) is 1. The molecule has 0 spiro atoms. The molecule has 1 aliphatic rings. The molecule has 1 unspecified atom stereocenters. The lowest BCUT2D eigenvalue weighted by Gasteiger charge is -2.29. The third-order valence-corrected chi connectivity index (χ3v) is 3.81. The number of nitrogens with zero attached hydrogens (tertiary/aromatic N) is 1. The summed E-state index contributed by atoms with van der Waals surface area (Å²) in [7, 11) is 0. The summed E-state index contributed by atoms with van der Waals surface area (Å²) in [6.07, 6.45) is 2.27. The van der Waals surface area contributed by atoms with Crippen molar-refractivity contribution in [3.63, 3.8) is 0 Å². The van der Waals surface area contributed by atoms with Crippen LogP contribution in [0.4, 0.5) is 0 Å². The van der Waals surface area contributed by atoms with E-state index in [2.05, 4.69) is 4.90 Å². The lowest BCUT2D eigenvalue weighted by molar-refractivity contribution is 0.224. The summed E-state index contributed by atoms with van der Waals surface area (Å²) in [6.45, 7) is 2.86. The molecule has 0 N–H and O–H groups in total. The molecule has 0 amide bonds. The van der Waals surface area contributed by atoms with Gasteiger partial charge in [-0.15, -0.1) is 11.6 Å². The summed E-state index contributed by atoms with van der Waals surface area (Å²) in [5.41, 5.74) is 1.08. The van der Waals surface area contributed by atoms with Crippen molar-refractivity contribution >= 4 is 34.8 Å². The maximum Gasteiger partial charge on any atom is 0.0463 e. The van der Waals surface area contributed by atoms with Crippen molar-refractivity contribution in [2.45, 2.75) is 24.8 Å². The van der Waals surface area contributed by atoms with Gasteiger partial charge in [0, 0.05) is 28.5 Å². The average Bonchev–Trinajstić information content (AvgIpc) is 2.24. The monoisotopic (exact) mass is 277 g/mol. The Balaban J connectivity index is 2.05. The zero-order chi connectivity index (χ0) is 11.5. The van der Waals surface area contributed by atoms with Gasteiger partial charge in [-0.25, -0.2) is 0 Å². The SMILES string of the molecule is Clc1ccc(Cl)c(CN2CCCC(Cl)C2)c1. The molecule has 0 bridgehead atoms. The molecule has 1 heterocycles. The van der Waals surface area contributed by atoms with Crippen LogP contribution in [0.1, 0.15) is 18.4 Å². The Morgan fingerprint density at radius 1 is 1.31 bits per heavy atom. The molecular weight excluding hydrogens is 264 g/mol. The normalized spacial score (nSPS) is 22.3. The summed E-state index contributed by atoms with van der Waals surface area (Å²) in [6, 6.07) is 5.59. The van der Waals surface area contributed by atoms with Gasteiger partial charge in [0.15, 0.2) is 0 Å². The van der Waals surface area contributed by atoms with Crippen molar-refractivity contribution in [3.8, 4) is 0 Å². The minimum Gasteiger partial charge on any atom is -0.298 e. The van der Waals surface area contributed by atoms with E-state index in [1.807, 2.05) is 18.2 Å². The molecule has 0 saturated carbocycles. The molecule has 0 aliphatic carbocycles. The fourth-order valence-corrected chi connectivity index (χ4v) is 2.77. The lowest BCUT2D eigenvalue weighted by atomic mass is 10.1. The molecule has 1 fully saturated rings. The highest BCUT2D eigenvalue weighted by Gasteiger charge is 2.18. The number of hydrogen-bond donors (Lipinski definition) is 0. The average molecular weight is 279 g/mol. The van der Waals surface area contributed by atoms with E-state index >= 15 is 0 Å². The maximum absolute atomic E-state index is 6.15. The van der Waals surface area contributed by atoms with Crippen molar-refractivity contribution in [1.29, 1.82) is 0 Å². The van der Waals surface area contributed by atoms with Gasteiger partial charge in [0.05, 0.1) is 0 Å². The van der Waals surface area contributed by atoms with Gasteiger partial charge in [-0.1, -0.05) is 23.2 Å². The highest BCUT2D eigenvalue weighted by atomic mass is 35.5. The Morgan fingerprint density at radius 2 is 2.12 bits per heavy atom. The first-order valence-corrected chi connectivity index (χ1v) is 6.65. The first kappa shape index (κ1) is 12.5. The minimum absolute atomic E-state index is 0.270. The van der Waals surface area contributed by atoms with Crippen LogP contribution in [0.25, 0.3) is 0 Å². The predicted molar refractivity (Wildman–Crippen MR) is 70.6 cm³/mol. The topological polar surface area (TPSA) is 3.24 Å². The van der Waals surface area contributed by atoms with Crippen LogP contribution in [0.2, 0.25) is 10.0 Å². The molecule has 2 rings (SSSR count). The van der Waals surface area contributed by atoms with Gasteiger partial charge in [-0.3, -0.25) is 4.90 Å². The largest absolute Gasteiger partial charge is 0.298 e. The maximum atomic E-state index is 6.15. The molecule has 0 aromatic heterocycles. The lowest BCUT2D eigenvalue weighted by Crippen LogP contribution is -2.35. The van der Waals surface area contributed by atoms with E-state index < -0.39 is 0 Å². The predicted octanol–water partition coefficient (Wildman–Crippen LogP) is 4.20. The Labute approximate surface area is 111 Å². The third kappa shape index (κ3) is 3.27. The standard InChI is InChI=1S/C12H14Cl3N/c13-10-3-4-12(15)9(6-10)7-16-5-1-2-11(14)8-16/h3-4,6,11H,1-2,5,7-8H2. The van der Waals surface area contributed by atoms with Crippen molar-refractivity contribution in [2.24, 2.45) is 0 Å². The summed E-state index contributed by atoms with van der Waals surface area (Å²) in [4.78, 5) is 2.33. The Morgan fingerprint density at radius 3 is 2.88 bits per heavy atom. The second kappa shape index (κ2) is 5.59. The van der Waals surface area contributed by atoms with Crippen LogP contribution in [-0.2, 0) is 6.54 Å². The summed E-state index contributed by atoms with van der Waals surface area (Å²) >= 11 is 18.2. The van der Waals surface area contributed by atoms with Gasteiger partial charge in [0.1, 0.15) is 0 Å². The van der Waals surface area contributed by atoms with Crippen LogP contribution in [0.3, 0.4) is 0 Å². The van der Waals surface area contributed by atoms with E-state index in [0.29, 0.717) is 0 Å². The zero-order valence-electron chi connectivity index (χ0n) is 8.93. The summed E-state index contributed by atoms with van der Waals surface area (Å²) in [5, 5.41) is 1.78. The number of alkyl halides is 1. The van der Waals surface area contributed by atoms with Crippen LogP contribution in [0, 0.1) is 0 Å². The van der Waals surface area contributed by atoms with Gasteiger partial charge < -0.3 is 0 Å². The fraction of sp³-hybridized carbons (Fsp3) is 0.500. The van der Waals surface area contributed by atoms with Crippen molar-refractivity contribution in [2.75, 3.05) is 13.1 Å². The van der Waals surface area contributed by atoms with Crippen molar-refractivity contribution in [1.82, 2.24) is 4.90 Å². The molecule has 1 aromatic carbocycles. The molecule has 88 valence electrons. The van der Waals surface area contributed by atoms with Gasteiger partial charge in [0.2, 0.25) is 0 Å². The van der Waals surface area contributed by atoms with E-state index in [1.54, 1.807) is 0 Å². The van der Waals surface area contributed by atoms with E-state index in [0.717, 1.165) is 48.1 Å². The number of rotatable bonds is 2. The number of piperidine rings is 1. The minimum atomic E-state index is 0.270. The van der Waals surface area contributed by atoms with Gasteiger partial charge in [0.25, 0.3) is 0 Å². The smallest absolute Gasteiger partial charge is 0.0463 e. The quantitative estimate of drug-likeness (QED) is 0.733. The Hall–Kier alpha value is 0.0500. The van der Waals surface area contributed by atoms with Gasteiger partial charge in [-0.05, 0) is 43.1 Å². The van der Waals surface area contributed by atoms with Crippen LogP contribution in [0.15, 0.2) is 18.2 Å². The van der Waals surface area contributed by atoms with Crippen molar-refractivity contribution < 1.29 is 0 Å². The molecule has 0 radical (unpaired) electrons. The zero-order valence-corrected chi connectivity index (χ0v) is 11.2. The van der Waals surface area contributed by atoms with E-state index in [4.69, 9.17) is 34.8 Å². The molecule has 1 aliphatic heterocycles. The van der Waals surface area contributed by atoms with Crippen LogP contribution in [0.5, 0.6) is 0 Å². The highest BCUT2D eigenvalue weighted by molar-refractivity contribution is 6.33. The van der Waals surface area contributed by atoms with Crippen LogP contribution < -0.4 is 0 Å². The van der Waals surface area contributed by atoms with Gasteiger partial charge in [-0.2, -0.15) is 0 Å². The third-order valence-electron chi connectivity index (χ3n) is 2.85. The van der Waals surface area contributed by atoms with E-state index in [-0.39, 0.29) is 5.38 Å². The molecular formula is C12H14Cl3N. The molecule has 1 atom stereocenters. The number of likely N-dealkylation sites (tertiary alicyclic amines) is 1. The summed E-state index contributed by atoms with van der Waals surface area (Å²) in [5.74, 6) is 0. The first-order valence-electron chi connectivity index (χ1n) is 5.45. The first-order chi connectivity index (χ1) is 7.65. The Kier molecular flexibility index (Phi) is 4.37. The van der Waals surface area contributed by atoms with Crippen molar-refractivity contribution in [3.05, 3.63) is 33.8 Å². The van der Waals surface area contributed by atoms with E-state index in [1.165, 1.54) is 0 Å². The fourth-order valence-electron chi connectivity index (χ4n) is 2.05. The van der Waals surface area contributed by atoms with E-state index in [9.17, 15) is 0 Å². The van der Waals surface area contributed by atoms with Crippen LogP contribution in [-0.4, -0.2) is 23.4 Å². The summed E-state index contributed by atoms with van der Waals surface area (Å²) < 4.78 is 0. The Bertz CT molecular complexity index is 367. The molecule has 1 saturated heterocycles. The highest BCUT2D eigenvalue weighted by Crippen LogP contribution is 2.24. The number of benzene rings is 1.